The monoisotopic (exact) mass is 919 g/mol. The standard InChI is InChI=1S/C16H21ClFNO2.C15H21ClN2O2.C14H19ClO2.CH4.2FH/c1-10(9-19-5-2-6-19)15(20)11-7-13(17)16(14(18)8-11)21-12-3-4-12;16-12-8-10(2-5-14(12)20-11-3-4-11)15(19)13(17)9-18-6-1-7-18;1-3-9(2)14(16)10-4-7-13(12(15)8-10)17-11-5-6-11;;;/h7-8,10,12,15,20H,2-6,9H2,1H3;2,5,8,11,13,15,19H,1,3-4,6-7,9,17H2;4,7-9,11,14,16H,3,5-6H2,1-2H3;1H4;2*1H/t10-,15+;13-,15-;9-,14+;;;/m111.../s1. The fourth-order valence-electron chi connectivity index (χ4n) is 6.70. The van der Waals surface area contributed by atoms with Crippen LogP contribution in [0.15, 0.2) is 48.5 Å². The molecule has 0 bridgehead atoms. The highest BCUT2D eigenvalue weighted by Gasteiger charge is 2.30. The van der Waals surface area contributed by atoms with Gasteiger partial charge in [-0.1, -0.05) is 81.6 Å². The van der Waals surface area contributed by atoms with Crippen LogP contribution in [0.2, 0.25) is 15.1 Å². The normalized spacial score (nSPS) is 20.0. The van der Waals surface area contributed by atoms with E-state index < -0.39 is 24.1 Å². The molecule has 0 aromatic heterocycles. The predicted octanol–water partition coefficient (Wildman–Crippen LogP) is 10.2. The number of nitrogens with two attached hydrogens (primary N) is 1. The minimum atomic E-state index is -0.715. The van der Waals surface area contributed by atoms with E-state index in [2.05, 4.69) is 16.7 Å². The van der Waals surface area contributed by atoms with Crippen LogP contribution in [-0.4, -0.2) is 88.7 Å². The predicted molar refractivity (Wildman–Crippen MR) is 241 cm³/mol. The zero-order valence-electron chi connectivity index (χ0n) is 34.8. The highest BCUT2D eigenvalue weighted by molar-refractivity contribution is 6.32. The maximum Gasteiger partial charge on any atom is 0.173 e. The van der Waals surface area contributed by atoms with Crippen molar-refractivity contribution in [1.29, 1.82) is 0 Å². The van der Waals surface area contributed by atoms with Crippen LogP contribution in [0.25, 0.3) is 0 Å². The van der Waals surface area contributed by atoms with E-state index in [1.807, 2.05) is 44.2 Å². The van der Waals surface area contributed by atoms with Crippen LogP contribution in [0.3, 0.4) is 0 Å². The van der Waals surface area contributed by atoms with Gasteiger partial charge >= 0.3 is 0 Å². The van der Waals surface area contributed by atoms with Gasteiger partial charge in [0.25, 0.3) is 0 Å². The molecule has 2 heterocycles. The number of rotatable bonds is 17. The lowest BCUT2D eigenvalue weighted by molar-refractivity contribution is 0.0675. The van der Waals surface area contributed by atoms with E-state index in [0.717, 1.165) is 101 Å². The first-order chi connectivity index (χ1) is 27.8. The second-order valence-electron chi connectivity index (χ2n) is 16.8. The van der Waals surface area contributed by atoms with Gasteiger partial charge in [0.15, 0.2) is 11.6 Å². The topological polar surface area (TPSA) is 121 Å². The molecule has 2 saturated heterocycles. The zero-order valence-corrected chi connectivity index (χ0v) is 37.1. The van der Waals surface area contributed by atoms with E-state index in [9.17, 15) is 19.7 Å². The first-order valence-corrected chi connectivity index (χ1v) is 22.2. The smallest absolute Gasteiger partial charge is 0.173 e. The van der Waals surface area contributed by atoms with Gasteiger partial charge in [-0.05, 0) is 142 Å². The second-order valence-corrected chi connectivity index (χ2v) is 18.0. The Hall–Kier alpha value is -2.52. The number of hydrogen-bond donors (Lipinski definition) is 4. The fourth-order valence-corrected chi connectivity index (χ4v) is 7.43. The summed E-state index contributed by atoms with van der Waals surface area (Å²) in [4.78, 5) is 4.54. The van der Waals surface area contributed by atoms with E-state index in [1.54, 1.807) is 12.1 Å². The van der Waals surface area contributed by atoms with Gasteiger partial charge < -0.3 is 45.1 Å². The fraction of sp³-hybridized carbons (Fsp3) is 0.609. The van der Waals surface area contributed by atoms with Crippen molar-refractivity contribution >= 4 is 34.8 Å². The summed E-state index contributed by atoms with van der Waals surface area (Å²) < 4.78 is 31.0. The van der Waals surface area contributed by atoms with Crippen LogP contribution in [0.4, 0.5) is 13.8 Å². The number of aliphatic hydroxyl groups is 3. The van der Waals surface area contributed by atoms with Crippen molar-refractivity contribution < 1.29 is 43.3 Å². The molecule has 0 unspecified atom stereocenters. The molecule has 5 N–H and O–H groups in total. The third-order valence-corrected chi connectivity index (χ3v) is 12.3. The molecule has 3 aromatic carbocycles. The minimum absolute atomic E-state index is 0. The second kappa shape index (κ2) is 24.5. The average molecular weight is 921 g/mol. The quantitative estimate of drug-likeness (QED) is 0.105. The van der Waals surface area contributed by atoms with Crippen LogP contribution in [0, 0.1) is 17.7 Å². The highest BCUT2D eigenvalue weighted by atomic mass is 35.5. The van der Waals surface area contributed by atoms with Gasteiger partial charge in [-0.2, -0.15) is 0 Å². The summed E-state index contributed by atoms with van der Waals surface area (Å²) in [5.74, 6) is 1.33. The average Bonchev–Trinajstić information content (AvgIpc) is 4.01. The van der Waals surface area contributed by atoms with Gasteiger partial charge in [0.2, 0.25) is 0 Å². The Morgan fingerprint density at radius 2 is 1.07 bits per heavy atom. The van der Waals surface area contributed by atoms with Crippen molar-refractivity contribution in [3.63, 3.8) is 0 Å². The summed E-state index contributed by atoms with van der Waals surface area (Å²) in [5, 5.41) is 32.2. The number of likely N-dealkylation sites (tertiary alicyclic amines) is 2. The molecule has 3 aromatic rings. The van der Waals surface area contributed by atoms with Gasteiger partial charge in [-0.15, -0.1) is 0 Å². The third-order valence-electron chi connectivity index (χ3n) is 11.4. The van der Waals surface area contributed by atoms with Gasteiger partial charge in [-0.25, -0.2) is 4.39 Å². The van der Waals surface area contributed by atoms with Gasteiger partial charge in [-0.3, -0.25) is 9.41 Å². The highest BCUT2D eigenvalue weighted by Crippen LogP contribution is 2.38. The Kier molecular flexibility index (Phi) is 21.2. The first-order valence-electron chi connectivity index (χ1n) is 21.1. The van der Waals surface area contributed by atoms with E-state index >= 15 is 0 Å². The maximum absolute atomic E-state index is 14.1. The largest absolute Gasteiger partial charge is 0.489 e. The summed E-state index contributed by atoms with van der Waals surface area (Å²) in [5.41, 5.74) is 8.22. The van der Waals surface area contributed by atoms with Crippen LogP contribution in [-0.2, 0) is 0 Å². The van der Waals surface area contributed by atoms with E-state index in [1.165, 1.54) is 18.9 Å². The lowest BCUT2D eigenvalue weighted by Gasteiger charge is -2.34. The molecule has 6 atom stereocenters. The summed E-state index contributed by atoms with van der Waals surface area (Å²) in [6.45, 7) is 11.9. The van der Waals surface area contributed by atoms with Crippen molar-refractivity contribution in [2.24, 2.45) is 17.6 Å². The van der Waals surface area contributed by atoms with Crippen LogP contribution in [0.5, 0.6) is 17.2 Å². The van der Waals surface area contributed by atoms with Crippen molar-refractivity contribution in [2.45, 2.75) is 129 Å². The van der Waals surface area contributed by atoms with Crippen LogP contribution >= 0.6 is 34.8 Å². The Bertz CT molecular complexity index is 1780. The van der Waals surface area contributed by atoms with Crippen LogP contribution in [0.1, 0.15) is 121 Å². The molecule has 8 rings (SSSR count). The van der Waals surface area contributed by atoms with E-state index in [0.29, 0.717) is 33.6 Å². The molecule has 61 heavy (non-hydrogen) atoms. The number of benzene rings is 3. The van der Waals surface area contributed by atoms with Gasteiger partial charge in [0.1, 0.15) is 11.5 Å². The minimum Gasteiger partial charge on any atom is -0.489 e. The van der Waals surface area contributed by atoms with Crippen molar-refractivity contribution in [3.8, 4) is 17.2 Å². The Labute approximate surface area is 375 Å². The number of nitrogens with zero attached hydrogens (tertiary/aromatic N) is 2. The van der Waals surface area contributed by atoms with Gasteiger partial charge in [0.05, 0.1) is 51.7 Å². The Balaban J connectivity index is 0.000000240. The van der Waals surface area contributed by atoms with E-state index in [-0.39, 0.29) is 51.6 Å². The number of ether oxygens (including phenoxy) is 3. The number of aliphatic hydroxyl groups excluding tert-OH is 3. The molecule has 3 saturated carbocycles. The molecule has 0 amide bonds. The molecule has 344 valence electrons. The van der Waals surface area contributed by atoms with Gasteiger partial charge in [0, 0.05) is 19.1 Å². The molecular weight excluding hydrogens is 854 g/mol. The lowest BCUT2D eigenvalue weighted by Crippen LogP contribution is -2.47. The third kappa shape index (κ3) is 15.6. The Morgan fingerprint density at radius 3 is 1.48 bits per heavy atom. The summed E-state index contributed by atoms with van der Waals surface area (Å²) >= 11 is 18.5. The summed E-state index contributed by atoms with van der Waals surface area (Å²) in [7, 11) is 0. The lowest BCUT2D eigenvalue weighted by atomic mass is 9.95. The van der Waals surface area contributed by atoms with Crippen molar-refractivity contribution in [3.05, 3.63) is 86.1 Å². The molecule has 3 aliphatic carbocycles. The molecule has 0 radical (unpaired) electrons. The number of halogens is 6. The zero-order chi connectivity index (χ0) is 41.5. The molecule has 0 spiro atoms. The maximum atomic E-state index is 14.1. The molecule has 5 aliphatic rings. The Morgan fingerprint density at radius 1 is 0.639 bits per heavy atom. The van der Waals surface area contributed by atoms with E-state index in [4.69, 9.17) is 54.7 Å². The molecule has 5 fully saturated rings. The molecule has 2 aliphatic heterocycles. The molecule has 9 nitrogen and oxygen atoms in total. The summed E-state index contributed by atoms with van der Waals surface area (Å²) in [6.07, 6.45) is 8.62. The van der Waals surface area contributed by atoms with Crippen molar-refractivity contribution in [1.82, 2.24) is 9.80 Å². The SMILES string of the molecule is C.CC[C@@H](C)[C@H](O)c1ccc(OC2CC2)c(Cl)c1.C[C@H](CN1CCC1)[C@H](O)c1cc(F)c(OC2CC2)c(Cl)c1.F.F.N[C@H](CN1CCC1)[C@H](O)c1ccc(OC2CC2)c(Cl)c1. The van der Waals surface area contributed by atoms with Crippen LogP contribution < -0.4 is 19.9 Å². The number of hydrogen-bond acceptors (Lipinski definition) is 9. The van der Waals surface area contributed by atoms with Crippen molar-refractivity contribution in [2.75, 3.05) is 39.3 Å². The first kappa shape index (κ1) is 52.8. The molecular formula is C46H67Cl3F3N3O6. The molecule has 15 heteroatoms. The summed E-state index contributed by atoms with van der Waals surface area (Å²) in [6, 6.07) is 13.7.